The van der Waals surface area contributed by atoms with Gasteiger partial charge in [0.05, 0.1) is 18.4 Å². The zero-order chi connectivity index (χ0) is 18.6. The van der Waals surface area contributed by atoms with Crippen LogP contribution in [0.3, 0.4) is 0 Å². The van der Waals surface area contributed by atoms with E-state index >= 15 is 0 Å². The SMILES string of the molecule is C=C1C(=O)O[C@@H]2C[C@H](CO)CC/C=C(/CO)C[C@@H](OC(=O)C(C)C)[C@@H]12. The van der Waals surface area contributed by atoms with Crippen LogP contribution in [0.5, 0.6) is 0 Å². The number of rotatable bonds is 4. The summed E-state index contributed by atoms with van der Waals surface area (Å²) in [4.78, 5) is 24.2. The number of carbonyl (C=O) groups excluding carboxylic acids is 2. The zero-order valence-electron chi connectivity index (χ0n) is 14.9. The van der Waals surface area contributed by atoms with Crippen LogP contribution in [0.25, 0.3) is 0 Å². The van der Waals surface area contributed by atoms with Gasteiger partial charge in [0.1, 0.15) is 12.2 Å². The average molecular weight is 352 g/mol. The Morgan fingerprint density at radius 3 is 2.76 bits per heavy atom. The van der Waals surface area contributed by atoms with Gasteiger partial charge in [-0.1, -0.05) is 26.5 Å². The van der Waals surface area contributed by atoms with Crippen LogP contribution in [-0.4, -0.2) is 47.6 Å². The Morgan fingerprint density at radius 2 is 2.16 bits per heavy atom. The predicted molar refractivity (Wildman–Crippen MR) is 91.4 cm³/mol. The quantitative estimate of drug-likeness (QED) is 0.455. The van der Waals surface area contributed by atoms with Crippen LogP contribution < -0.4 is 0 Å². The Hall–Kier alpha value is -1.66. The van der Waals surface area contributed by atoms with E-state index in [1.807, 2.05) is 6.08 Å². The van der Waals surface area contributed by atoms with Crippen LogP contribution in [0, 0.1) is 17.8 Å². The highest BCUT2D eigenvalue weighted by molar-refractivity contribution is 5.91. The van der Waals surface area contributed by atoms with Gasteiger partial charge in [-0.05, 0) is 30.8 Å². The molecule has 1 aliphatic heterocycles. The number of aliphatic hydroxyl groups is 2. The van der Waals surface area contributed by atoms with Gasteiger partial charge in [-0.15, -0.1) is 0 Å². The van der Waals surface area contributed by atoms with Crippen molar-refractivity contribution in [2.75, 3.05) is 13.2 Å². The summed E-state index contributed by atoms with van der Waals surface area (Å²) in [5, 5.41) is 19.2. The molecule has 0 aromatic heterocycles. The van der Waals surface area contributed by atoms with Crippen molar-refractivity contribution in [3.8, 4) is 0 Å². The lowest BCUT2D eigenvalue weighted by atomic mass is 9.81. The third-order valence-corrected chi connectivity index (χ3v) is 4.96. The largest absolute Gasteiger partial charge is 0.461 e. The molecule has 0 saturated carbocycles. The molecule has 6 heteroatoms. The minimum atomic E-state index is -0.616. The summed E-state index contributed by atoms with van der Waals surface area (Å²) < 4.78 is 11.1. The maximum Gasteiger partial charge on any atom is 0.334 e. The first-order chi connectivity index (χ1) is 11.9. The van der Waals surface area contributed by atoms with E-state index in [2.05, 4.69) is 6.58 Å². The number of allylic oxidation sites excluding steroid dienone is 1. The first kappa shape index (κ1) is 19.7. The van der Waals surface area contributed by atoms with Crippen molar-refractivity contribution >= 4 is 11.9 Å². The van der Waals surface area contributed by atoms with Gasteiger partial charge < -0.3 is 19.7 Å². The maximum absolute atomic E-state index is 12.2. The van der Waals surface area contributed by atoms with Gasteiger partial charge in [0.25, 0.3) is 0 Å². The Kier molecular flexibility index (Phi) is 6.79. The van der Waals surface area contributed by atoms with Gasteiger partial charge in [-0.3, -0.25) is 4.79 Å². The molecule has 0 aromatic rings. The summed E-state index contributed by atoms with van der Waals surface area (Å²) >= 11 is 0. The van der Waals surface area contributed by atoms with Crippen molar-refractivity contribution in [2.45, 2.75) is 51.7 Å². The second-order valence-electron chi connectivity index (χ2n) is 7.21. The van der Waals surface area contributed by atoms with E-state index in [0.29, 0.717) is 24.8 Å². The minimum absolute atomic E-state index is 0.00794. The van der Waals surface area contributed by atoms with Crippen LogP contribution in [0.1, 0.15) is 39.5 Å². The lowest BCUT2D eigenvalue weighted by molar-refractivity contribution is -0.156. The van der Waals surface area contributed by atoms with Gasteiger partial charge in [0.2, 0.25) is 0 Å². The Balaban J connectivity index is 2.35. The molecule has 0 bridgehead atoms. The standard InChI is InChI=1S/C19H28O6/c1-11(2)18(22)24-15-7-13(9-20)5-4-6-14(10-21)8-16-17(15)12(3)19(23)25-16/h5,11,14-17,20-21H,3-4,6-10H2,1-2H3/b13-5+/t14-,15-,16-,17-/m1/s1. The molecule has 0 unspecified atom stereocenters. The third-order valence-electron chi connectivity index (χ3n) is 4.96. The zero-order valence-corrected chi connectivity index (χ0v) is 14.9. The van der Waals surface area contributed by atoms with Gasteiger partial charge >= 0.3 is 11.9 Å². The van der Waals surface area contributed by atoms with Crippen molar-refractivity contribution in [1.29, 1.82) is 0 Å². The van der Waals surface area contributed by atoms with Crippen LogP contribution in [0.4, 0.5) is 0 Å². The first-order valence-electron chi connectivity index (χ1n) is 8.87. The summed E-state index contributed by atoms with van der Waals surface area (Å²) in [6.07, 6.45) is 3.14. The van der Waals surface area contributed by atoms with E-state index in [9.17, 15) is 19.8 Å². The molecule has 1 aliphatic carbocycles. The topological polar surface area (TPSA) is 93.1 Å². The highest BCUT2D eigenvalue weighted by atomic mass is 16.6. The van der Waals surface area contributed by atoms with E-state index in [4.69, 9.17) is 9.47 Å². The Labute approximate surface area is 148 Å². The van der Waals surface area contributed by atoms with Gasteiger partial charge in [-0.25, -0.2) is 4.79 Å². The van der Waals surface area contributed by atoms with E-state index in [-0.39, 0.29) is 31.0 Å². The van der Waals surface area contributed by atoms with Crippen molar-refractivity contribution < 1.29 is 29.3 Å². The fourth-order valence-electron chi connectivity index (χ4n) is 3.44. The molecule has 4 atom stereocenters. The molecule has 1 fully saturated rings. The number of hydrogen-bond donors (Lipinski definition) is 2. The smallest absolute Gasteiger partial charge is 0.334 e. The molecule has 6 nitrogen and oxygen atoms in total. The van der Waals surface area contributed by atoms with Crippen molar-refractivity contribution in [3.05, 3.63) is 23.8 Å². The average Bonchev–Trinajstić information content (AvgIpc) is 2.85. The van der Waals surface area contributed by atoms with Gasteiger partial charge in [0.15, 0.2) is 0 Å². The van der Waals surface area contributed by atoms with Gasteiger partial charge in [0, 0.05) is 18.6 Å². The molecule has 2 aliphatic rings. The van der Waals surface area contributed by atoms with Crippen molar-refractivity contribution in [2.24, 2.45) is 17.8 Å². The minimum Gasteiger partial charge on any atom is -0.461 e. The van der Waals surface area contributed by atoms with Crippen LogP contribution >= 0.6 is 0 Å². The second kappa shape index (κ2) is 8.63. The predicted octanol–water partition coefficient (Wildman–Crippen LogP) is 1.75. The first-order valence-corrected chi connectivity index (χ1v) is 8.87. The van der Waals surface area contributed by atoms with Crippen molar-refractivity contribution in [3.63, 3.8) is 0 Å². The lowest BCUT2D eigenvalue weighted by Gasteiger charge is -2.30. The van der Waals surface area contributed by atoms with Crippen LogP contribution in [-0.2, 0) is 19.1 Å². The summed E-state index contributed by atoms with van der Waals surface area (Å²) in [6, 6.07) is 0. The molecule has 0 spiro atoms. The summed E-state index contributed by atoms with van der Waals surface area (Å²) in [5.41, 5.74) is 1.05. The molecular formula is C19H28O6. The molecule has 140 valence electrons. The fourth-order valence-corrected chi connectivity index (χ4v) is 3.44. The highest BCUT2D eigenvalue weighted by Gasteiger charge is 2.46. The number of ether oxygens (including phenoxy) is 2. The molecule has 2 rings (SSSR count). The Morgan fingerprint density at radius 1 is 1.44 bits per heavy atom. The molecule has 2 N–H and O–H groups in total. The van der Waals surface area contributed by atoms with Crippen LogP contribution in [0.2, 0.25) is 0 Å². The molecule has 25 heavy (non-hydrogen) atoms. The molecule has 0 aromatic carbocycles. The number of carbonyl (C=O) groups is 2. The molecule has 1 saturated heterocycles. The second-order valence-corrected chi connectivity index (χ2v) is 7.21. The number of esters is 2. The van der Waals surface area contributed by atoms with Gasteiger partial charge in [-0.2, -0.15) is 0 Å². The van der Waals surface area contributed by atoms with E-state index in [1.54, 1.807) is 13.8 Å². The van der Waals surface area contributed by atoms with Crippen molar-refractivity contribution in [1.82, 2.24) is 0 Å². The summed E-state index contributed by atoms with van der Waals surface area (Å²) in [6.45, 7) is 7.18. The monoisotopic (exact) mass is 352 g/mol. The van der Waals surface area contributed by atoms with Crippen LogP contribution in [0.15, 0.2) is 23.8 Å². The third kappa shape index (κ3) is 4.70. The number of hydrogen-bond acceptors (Lipinski definition) is 6. The van der Waals surface area contributed by atoms with E-state index in [0.717, 1.165) is 12.0 Å². The van der Waals surface area contributed by atoms with E-state index < -0.39 is 24.1 Å². The summed E-state index contributed by atoms with van der Waals surface area (Å²) in [5.74, 6) is -1.62. The number of fused-ring (bicyclic) bond motifs is 1. The number of aliphatic hydroxyl groups excluding tert-OH is 2. The molecule has 0 amide bonds. The molecular weight excluding hydrogens is 324 g/mol. The Bertz CT molecular complexity index is 550. The molecule has 0 radical (unpaired) electrons. The fraction of sp³-hybridized carbons (Fsp3) is 0.684. The lowest BCUT2D eigenvalue weighted by Crippen LogP contribution is -2.36. The normalized spacial score (nSPS) is 32.6. The molecule has 1 heterocycles. The summed E-state index contributed by atoms with van der Waals surface area (Å²) in [7, 11) is 0. The highest BCUT2D eigenvalue weighted by Crippen LogP contribution is 2.38. The van der Waals surface area contributed by atoms with E-state index in [1.165, 1.54) is 0 Å². The maximum atomic E-state index is 12.2.